The maximum Gasteiger partial charge on any atom is 0.174 e. The Morgan fingerprint density at radius 2 is 1.79 bits per heavy atom. The second kappa shape index (κ2) is 6.86. The molecule has 0 saturated carbocycles. The minimum atomic E-state index is 0.0636. The molecule has 0 saturated heterocycles. The predicted molar refractivity (Wildman–Crippen MR) is 109 cm³/mol. The number of aromatic nitrogens is 2. The molecule has 1 aromatic heterocycles. The van der Waals surface area contributed by atoms with Gasteiger partial charge in [-0.2, -0.15) is 5.26 Å². The molecule has 0 spiro atoms. The Labute approximate surface area is 163 Å². The molecule has 136 valence electrons. The van der Waals surface area contributed by atoms with E-state index in [9.17, 15) is 0 Å². The fourth-order valence-electron chi connectivity index (χ4n) is 4.09. The monoisotopic (exact) mass is 365 g/mol. The fraction of sp³-hybridized carbons (Fsp3) is 0.167. The van der Waals surface area contributed by atoms with Gasteiger partial charge in [0.2, 0.25) is 0 Å². The standard InChI is InChI=1S/C24H19N3O/c25-14-15-28-20-9-6-17(7-10-20)19-8-11-21-23(16-19)27-22(12-13-24(27)26-21)18-4-2-1-3-5-18/h1-11,16,22H,12-13,15H2. The lowest BCUT2D eigenvalue weighted by molar-refractivity contribution is 0.368. The normalized spacial score (nSPS) is 15.3. The molecule has 0 fully saturated rings. The summed E-state index contributed by atoms with van der Waals surface area (Å²) < 4.78 is 7.75. The molecular formula is C24H19N3O. The summed E-state index contributed by atoms with van der Waals surface area (Å²) in [7, 11) is 0. The topological polar surface area (TPSA) is 50.8 Å². The zero-order valence-corrected chi connectivity index (χ0v) is 15.4. The van der Waals surface area contributed by atoms with E-state index in [-0.39, 0.29) is 6.61 Å². The van der Waals surface area contributed by atoms with Gasteiger partial charge in [0.05, 0.1) is 17.1 Å². The summed E-state index contributed by atoms with van der Waals surface area (Å²) in [6, 6.07) is 27.4. The number of rotatable bonds is 4. The number of benzene rings is 3. The zero-order chi connectivity index (χ0) is 18.9. The molecule has 0 amide bonds. The highest BCUT2D eigenvalue weighted by molar-refractivity contribution is 5.83. The fourth-order valence-corrected chi connectivity index (χ4v) is 4.09. The molecule has 3 aromatic carbocycles. The van der Waals surface area contributed by atoms with Gasteiger partial charge in [0.15, 0.2) is 6.61 Å². The SMILES string of the molecule is N#CCOc1ccc(-c2ccc3nc4n(c3c2)C(c2ccccc2)CC4)cc1. The Bertz CT molecular complexity index is 1170. The van der Waals surface area contributed by atoms with Crippen LogP contribution in [0.3, 0.4) is 0 Å². The molecule has 4 nitrogen and oxygen atoms in total. The molecule has 0 bridgehead atoms. The largest absolute Gasteiger partial charge is 0.479 e. The summed E-state index contributed by atoms with van der Waals surface area (Å²) in [4.78, 5) is 4.86. The van der Waals surface area contributed by atoms with Crippen molar-refractivity contribution in [2.45, 2.75) is 18.9 Å². The lowest BCUT2D eigenvalue weighted by Gasteiger charge is -2.15. The minimum absolute atomic E-state index is 0.0636. The van der Waals surface area contributed by atoms with Crippen LogP contribution >= 0.6 is 0 Å². The van der Waals surface area contributed by atoms with Crippen LogP contribution in [0.5, 0.6) is 5.75 Å². The molecule has 0 aliphatic carbocycles. The molecule has 4 heteroatoms. The van der Waals surface area contributed by atoms with E-state index in [1.165, 1.54) is 16.9 Å². The Morgan fingerprint density at radius 3 is 2.57 bits per heavy atom. The number of nitrogens with zero attached hydrogens (tertiary/aromatic N) is 3. The summed E-state index contributed by atoms with van der Waals surface area (Å²) in [5, 5.41) is 8.64. The summed E-state index contributed by atoms with van der Waals surface area (Å²) in [6.07, 6.45) is 2.10. The molecule has 5 rings (SSSR count). The Hall–Kier alpha value is -3.58. The number of nitriles is 1. The first-order valence-electron chi connectivity index (χ1n) is 9.49. The van der Waals surface area contributed by atoms with E-state index < -0.39 is 0 Å². The van der Waals surface area contributed by atoms with Crippen molar-refractivity contribution in [1.29, 1.82) is 5.26 Å². The second-order valence-electron chi connectivity index (χ2n) is 7.04. The van der Waals surface area contributed by atoms with Gasteiger partial charge < -0.3 is 9.30 Å². The number of hydrogen-bond donors (Lipinski definition) is 0. The summed E-state index contributed by atoms with van der Waals surface area (Å²) >= 11 is 0. The predicted octanol–water partition coefficient (Wildman–Crippen LogP) is 5.14. The van der Waals surface area contributed by atoms with Gasteiger partial charge in [-0.3, -0.25) is 0 Å². The first kappa shape index (κ1) is 16.6. The van der Waals surface area contributed by atoms with Crippen molar-refractivity contribution in [3.8, 4) is 22.9 Å². The Morgan fingerprint density at radius 1 is 1.00 bits per heavy atom. The number of fused-ring (bicyclic) bond motifs is 3. The molecule has 1 atom stereocenters. The average Bonchev–Trinajstić information content (AvgIpc) is 3.32. The summed E-state index contributed by atoms with van der Waals surface area (Å²) in [5.74, 6) is 1.88. The van der Waals surface area contributed by atoms with Crippen molar-refractivity contribution < 1.29 is 4.74 Å². The molecule has 1 aliphatic heterocycles. The van der Waals surface area contributed by atoms with E-state index in [0.717, 1.165) is 29.5 Å². The van der Waals surface area contributed by atoms with Crippen molar-refractivity contribution in [2.24, 2.45) is 0 Å². The third kappa shape index (κ3) is 2.82. The minimum Gasteiger partial charge on any atom is -0.479 e. The smallest absolute Gasteiger partial charge is 0.174 e. The van der Waals surface area contributed by atoms with Crippen LogP contribution in [0.25, 0.3) is 22.2 Å². The molecule has 0 N–H and O–H groups in total. The van der Waals surface area contributed by atoms with Gasteiger partial charge in [0.1, 0.15) is 17.6 Å². The average molecular weight is 365 g/mol. The lowest BCUT2D eigenvalue weighted by Crippen LogP contribution is -2.05. The van der Waals surface area contributed by atoms with E-state index >= 15 is 0 Å². The lowest BCUT2D eigenvalue weighted by atomic mass is 10.0. The van der Waals surface area contributed by atoms with Crippen LogP contribution in [0.4, 0.5) is 0 Å². The zero-order valence-electron chi connectivity index (χ0n) is 15.4. The van der Waals surface area contributed by atoms with Gasteiger partial charge in [0.25, 0.3) is 0 Å². The van der Waals surface area contributed by atoms with E-state index in [1.54, 1.807) is 0 Å². The van der Waals surface area contributed by atoms with Crippen molar-refractivity contribution in [3.05, 3.63) is 84.2 Å². The van der Waals surface area contributed by atoms with Crippen LogP contribution < -0.4 is 4.74 Å². The van der Waals surface area contributed by atoms with Gasteiger partial charge in [-0.05, 0) is 47.4 Å². The van der Waals surface area contributed by atoms with Crippen molar-refractivity contribution in [3.63, 3.8) is 0 Å². The van der Waals surface area contributed by atoms with Gasteiger partial charge in [-0.25, -0.2) is 4.98 Å². The maximum absolute atomic E-state index is 8.64. The van der Waals surface area contributed by atoms with Gasteiger partial charge in [-0.15, -0.1) is 0 Å². The maximum atomic E-state index is 8.64. The number of hydrogen-bond acceptors (Lipinski definition) is 3. The van der Waals surface area contributed by atoms with Crippen molar-refractivity contribution in [1.82, 2.24) is 9.55 Å². The second-order valence-corrected chi connectivity index (χ2v) is 7.04. The molecule has 4 aromatic rings. The van der Waals surface area contributed by atoms with Gasteiger partial charge >= 0.3 is 0 Å². The highest BCUT2D eigenvalue weighted by Crippen LogP contribution is 2.36. The quantitative estimate of drug-likeness (QED) is 0.503. The molecule has 2 heterocycles. The first-order chi connectivity index (χ1) is 13.8. The summed E-state index contributed by atoms with van der Waals surface area (Å²) in [6.45, 7) is 0.0636. The van der Waals surface area contributed by atoms with Crippen LogP contribution in [0.2, 0.25) is 0 Å². The third-order valence-corrected chi connectivity index (χ3v) is 5.39. The van der Waals surface area contributed by atoms with Crippen molar-refractivity contribution >= 4 is 11.0 Å². The van der Waals surface area contributed by atoms with E-state index in [0.29, 0.717) is 11.8 Å². The molecular weight excluding hydrogens is 346 g/mol. The van der Waals surface area contributed by atoms with Gasteiger partial charge in [-0.1, -0.05) is 48.5 Å². The highest BCUT2D eigenvalue weighted by Gasteiger charge is 2.26. The van der Waals surface area contributed by atoms with E-state index in [2.05, 4.69) is 53.1 Å². The molecule has 1 aliphatic rings. The van der Waals surface area contributed by atoms with Crippen LogP contribution in [0, 0.1) is 11.3 Å². The van der Waals surface area contributed by atoms with Crippen molar-refractivity contribution in [2.75, 3.05) is 6.61 Å². The van der Waals surface area contributed by atoms with Crippen LogP contribution in [-0.4, -0.2) is 16.2 Å². The Balaban J connectivity index is 1.54. The molecule has 0 radical (unpaired) electrons. The van der Waals surface area contributed by atoms with E-state index in [1.807, 2.05) is 30.3 Å². The number of ether oxygens (including phenoxy) is 1. The van der Waals surface area contributed by atoms with Crippen LogP contribution in [0.1, 0.15) is 23.9 Å². The highest BCUT2D eigenvalue weighted by atomic mass is 16.5. The summed E-state index contributed by atoms with van der Waals surface area (Å²) in [5.41, 5.74) is 5.85. The Kier molecular flexibility index (Phi) is 4.06. The number of aryl methyl sites for hydroxylation is 1. The van der Waals surface area contributed by atoms with E-state index in [4.69, 9.17) is 15.0 Å². The first-order valence-corrected chi connectivity index (χ1v) is 9.49. The van der Waals surface area contributed by atoms with Crippen LogP contribution in [0.15, 0.2) is 72.8 Å². The third-order valence-electron chi connectivity index (χ3n) is 5.39. The molecule has 1 unspecified atom stereocenters. The number of imidazole rings is 1. The van der Waals surface area contributed by atoms with Gasteiger partial charge in [0, 0.05) is 6.42 Å². The molecule has 28 heavy (non-hydrogen) atoms. The van der Waals surface area contributed by atoms with Crippen LogP contribution in [-0.2, 0) is 6.42 Å².